The molecule has 7 nitrogen and oxygen atoms in total. The molecule has 0 saturated carbocycles. The molecule has 38 heavy (non-hydrogen) atoms. The SMILES string of the molecule is CCc1ccc(S(=O)(=O)N(C)C[C@@H](O)C[C@@H](Cc2ccccc2)C(=O)N[C@H]2c3ccccc3C[C@H]2O)cc1. The second-order valence-corrected chi connectivity index (χ2v) is 12.1. The van der Waals surface area contributed by atoms with E-state index in [2.05, 4.69) is 5.32 Å². The van der Waals surface area contributed by atoms with Gasteiger partial charge in [-0.3, -0.25) is 4.79 Å². The van der Waals surface area contributed by atoms with Crippen molar-refractivity contribution in [2.45, 2.75) is 55.8 Å². The van der Waals surface area contributed by atoms with E-state index in [4.69, 9.17) is 0 Å². The molecule has 0 spiro atoms. The smallest absolute Gasteiger partial charge is 0.242 e. The van der Waals surface area contributed by atoms with Crippen molar-refractivity contribution in [3.8, 4) is 0 Å². The van der Waals surface area contributed by atoms with E-state index in [1.165, 1.54) is 7.05 Å². The van der Waals surface area contributed by atoms with Crippen LogP contribution in [0.4, 0.5) is 0 Å². The lowest BCUT2D eigenvalue weighted by molar-refractivity contribution is -0.127. The van der Waals surface area contributed by atoms with Gasteiger partial charge in [-0.25, -0.2) is 8.42 Å². The lowest BCUT2D eigenvalue weighted by Gasteiger charge is -2.26. The molecule has 0 aromatic heterocycles. The van der Waals surface area contributed by atoms with Crippen molar-refractivity contribution in [1.82, 2.24) is 9.62 Å². The molecule has 0 heterocycles. The number of carbonyl (C=O) groups is 1. The second-order valence-electron chi connectivity index (χ2n) is 10.0. The summed E-state index contributed by atoms with van der Waals surface area (Å²) < 4.78 is 27.3. The molecule has 3 aromatic rings. The molecule has 1 aliphatic rings. The zero-order valence-electron chi connectivity index (χ0n) is 21.8. The number of aryl methyl sites for hydroxylation is 1. The van der Waals surface area contributed by atoms with Crippen molar-refractivity contribution in [1.29, 1.82) is 0 Å². The van der Waals surface area contributed by atoms with Crippen LogP contribution in [0.1, 0.15) is 41.6 Å². The molecule has 8 heteroatoms. The summed E-state index contributed by atoms with van der Waals surface area (Å²) in [5.41, 5.74) is 3.87. The summed E-state index contributed by atoms with van der Waals surface area (Å²) in [5, 5.41) is 24.6. The average Bonchev–Trinajstić information content (AvgIpc) is 3.23. The molecule has 3 N–H and O–H groups in total. The Hall–Kier alpha value is -3.04. The van der Waals surface area contributed by atoms with Gasteiger partial charge in [0.05, 0.1) is 23.1 Å². The highest BCUT2D eigenvalue weighted by Gasteiger charge is 2.34. The fraction of sp³-hybridized carbons (Fsp3) is 0.367. The van der Waals surface area contributed by atoms with Gasteiger partial charge in [0, 0.05) is 25.9 Å². The van der Waals surface area contributed by atoms with E-state index in [0.29, 0.717) is 12.8 Å². The summed E-state index contributed by atoms with van der Waals surface area (Å²) in [4.78, 5) is 13.7. The van der Waals surface area contributed by atoms with E-state index in [-0.39, 0.29) is 23.8 Å². The minimum atomic E-state index is -3.79. The van der Waals surface area contributed by atoms with Crippen LogP contribution in [0.25, 0.3) is 0 Å². The molecule has 0 saturated heterocycles. The van der Waals surface area contributed by atoms with Crippen molar-refractivity contribution in [2.75, 3.05) is 13.6 Å². The molecule has 3 aromatic carbocycles. The number of carbonyl (C=O) groups excluding carboxylic acids is 1. The van der Waals surface area contributed by atoms with Gasteiger partial charge in [-0.1, -0.05) is 73.7 Å². The number of hydrogen-bond donors (Lipinski definition) is 3. The number of aliphatic hydroxyl groups is 2. The molecule has 0 bridgehead atoms. The number of nitrogens with one attached hydrogen (secondary N) is 1. The highest BCUT2D eigenvalue weighted by atomic mass is 32.2. The van der Waals surface area contributed by atoms with Crippen LogP contribution in [0.15, 0.2) is 83.8 Å². The minimum absolute atomic E-state index is 0.0693. The Morgan fingerprint density at radius 1 is 1.00 bits per heavy atom. The molecule has 1 aliphatic carbocycles. The molecule has 4 atom stereocenters. The average molecular weight is 537 g/mol. The summed E-state index contributed by atoms with van der Waals surface area (Å²) in [5.74, 6) is -0.901. The molecule has 0 radical (unpaired) electrons. The Bertz CT molecular complexity index is 1330. The number of amides is 1. The standard InChI is InChI=1S/C30H36N2O5S/c1-3-21-13-15-26(16-14-21)38(36,37)32(2)20-25(33)18-24(17-22-9-5-4-6-10-22)30(35)31-29-27-12-8-7-11-23(27)19-28(29)34/h4-16,24-25,28-29,33-34H,3,17-20H2,1-2H3,(H,31,35)/t24-,25+,28-,29+/m1/s1. The summed E-state index contributed by atoms with van der Waals surface area (Å²) in [6, 6.07) is 23.4. The number of likely N-dealkylation sites (N-methyl/N-ethyl adjacent to an activating group) is 1. The second kappa shape index (κ2) is 12.2. The summed E-state index contributed by atoms with van der Waals surface area (Å²) in [6.07, 6.45) is -0.0692. The van der Waals surface area contributed by atoms with Crippen LogP contribution in [0, 0.1) is 5.92 Å². The number of hydrogen-bond acceptors (Lipinski definition) is 5. The Labute approximate surface area is 225 Å². The quantitative estimate of drug-likeness (QED) is 0.349. The topological polar surface area (TPSA) is 107 Å². The number of benzene rings is 3. The van der Waals surface area contributed by atoms with Crippen LogP contribution >= 0.6 is 0 Å². The van der Waals surface area contributed by atoms with Gasteiger partial charge < -0.3 is 15.5 Å². The summed E-state index contributed by atoms with van der Waals surface area (Å²) in [6.45, 7) is 1.85. The van der Waals surface area contributed by atoms with Crippen LogP contribution in [0.2, 0.25) is 0 Å². The van der Waals surface area contributed by atoms with Gasteiger partial charge >= 0.3 is 0 Å². The Balaban J connectivity index is 1.47. The van der Waals surface area contributed by atoms with Crippen LogP contribution < -0.4 is 5.32 Å². The molecule has 202 valence electrons. The summed E-state index contributed by atoms with van der Waals surface area (Å²) in [7, 11) is -2.36. The van der Waals surface area contributed by atoms with Gasteiger partial charge in [0.15, 0.2) is 0 Å². The number of nitrogens with zero attached hydrogens (tertiary/aromatic N) is 1. The maximum absolute atomic E-state index is 13.5. The van der Waals surface area contributed by atoms with Crippen molar-refractivity contribution in [3.63, 3.8) is 0 Å². The molecule has 0 unspecified atom stereocenters. The first-order valence-electron chi connectivity index (χ1n) is 13.0. The van der Waals surface area contributed by atoms with E-state index in [9.17, 15) is 23.4 Å². The van der Waals surface area contributed by atoms with Crippen LogP contribution in [0.5, 0.6) is 0 Å². The lowest BCUT2D eigenvalue weighted by Crippen LogP contribution is -2.41. The fourth-order valence-corrected chi connectivity index (χ4v) is 6.28. The number of sulfonamides is 1. The van der Waals surface area contributed by atoms with Crippen molar-refractivity contribution in [3.05, 3.63) is 101 Å². The molecule has 0 aliphatic heterocycles. The van der Waals surface area contributed by atoms with Crippen molar-refractivity contribution >= 4 is 15.9 Å². The van der Waals surface area contributed by atoms with E-state index in [1.54, 1.807) is 24.3 Å². The maximum Gasteiger partial charge on any atom is 0.242 e. The normalized spacial score (nSPS) is 18.7. The zero-order valence-corrected chi connectivity index (χ0v) is 22.6. The lowest BCUT2D eigenvalue weighted by atomic mass is 9.92. The van der Waals surface area contributed by atoms with Crippen molar-refractivity contribution < 1.29 is 23.4 Å². The van der Waals surface area contributed by atoms with E-state index < -0.39 is 34.2 Å². The summed E-state index contributed by atoms with van der Waals surface area (Å²) >= 11 is 0. The molecule has 4 rings (SSSR count). The number of fused-ring (bicyclic) bond motifs is 1. The number of rotatable bonds is 11. The van der Waals surface area contributed by atoms with E-state index in [1.807, 2.05) is 61.5 Å². The molecular formula is C30H36N2O5S. The highest BCUT2D eigenvalue weighted by molar-refractivity contribution is 7.89. The third kappa shape index (κ3) is 6.50. The van der Waals surface area contributed by atoms with Gasteiger partial charge in [0.1, 0.15) is 0 Å². The first-order chi connectivity index (χ1) is 18.2. The Morgan fingerprint density at radius 2 is 1.66 bits per heavy atom. The predicted octanol–water partition coefficient (Wildman–Crippen LogP) is 3.25. The van der Waals surface area contributed by atoms with Crippen LogP contribution in [0.3, 0.4) is 0 Å². The van der Waals surface area contributed by atoms with Gasteiger partial charge in [-0.15, -0.1) is 0 Å². The van der Waals surface area contributed by atoms with E-state index in [0.717, 1.165) is 33.0 Å². The molecule has 0 fully saturated rings. The Kier molecular flexibility index (Phi) is 8.99. The highest BCUT2D eigenvalue weighted by Crippen LogP contribution is 2.32. The third-order valence-corrected chi connectivity index (χ3v) is 9.10. The molecular weight excluding hydrogens is 500 g/mol. The fourth-order valence-electron chi connectivity index (χ4n) is 5.08. The Morgan fingerprint density at radius 3 is 2.34 bits per heavy atom. The van der Waals surface area contributed by atoms with Gasteiger partial charge in [-0.05, 0) is 53.6 Å². The minimum Gasteiger partial charge on any atom is -0.392 e. The third-order valence-electron chi connectivity index (χ3n) is 7.26. The molecule has 1 amide bonds. The number of aliphatic hydroxyl groups excluding tert-OH is 2. The monoisotopic (exact) mass is 536 g/mol. The van der Waals surface area contributed by atoms with Crippen LogP contribution in [-0.2, 0) is 34.1 Å². The van der Waals surface area contributed by atoms with E-state index >= 15 is 0 Å². The van der Waals surface area contributed by atoms with Crippen molar-refractivity contribution in [2.24, 2.45) is 5.92 Å². The first kappa shape index (κ1) is 28.0. The first-order valence-corrected chi connectivity index (χ1v) is 14.5. The maximum atomic E-state index is 13.5. The van der Waals surface area contributed by atoms with Gasteiger partial charge in [-0.2, -0.15) is 4.31 Å². The zero-order chi connectivity index (χ0) is 27.3. The predicted molar refractivity (Wildman–Crippen MR) is 147 cm³/mol. The van der Waals surface area contributed by atoms with Gasteiger partial charge in [0.25, 0.3) is 0 Å². The van der Waals surface area contributed by atoms with Gasteiger partial charge in [0.2, 0.25) is 15.9 Å². The largest absolute Gasteiger partial charge is 0.392 e. The van der Waals surface area contributed by atoms with Crippen LogP contribution in [-0.4, -0.2) is 54.6 Å².